The molecule has 0 aromatic carbocycles. The maximum atomic E-state index is 13.8. The first-order valence-electron chi connectivity index (χ1n) is 12.0. The summed E-state index contributed by atoms with van der Waals surface area (Å²) in [6.07, 6.45) is 11.8. The molecule has 2 aromatic heterocycles. The lowest BCUT2D eigenvalue weighted by Gasteiger charge is -2.61. The van der Waals surface area contributed by atoms with Crippen molar-refractivity contribution in [2.45, 2.75) is 50.1 Å². The number of ether oxygens (including phenoxy) is 1. The minimum Gasteiger partial charge on any atom is -0.379 e. The average Bonchev–Trinajstić information content (AvgIpc) is 3.36. The van der Waals surface area contributed by atoms with E-state index in [1.165, 1.54) is 6.42 Å². The van der Waals surface area contributed by atoms with Crippen molar-refractivity contribution in [3.63, 3.8) is 0 Å². The monoisotopic (exact) mass is 436 g/mol. The minimum atomic E-state index is -0.282. The molecule has 2 aromatic rings. The van der Waals surface area contributed by atoms with E-state index in [9.17, 15) is 4.79 Å². The second-order valence-corrected chi connectivity index (χ2v) is 10.4. The average molecular weight is 437 g/mol. The van der Waals surface area contributed by atoms with Gasteiger partial charge in [0.05, 0.1) is 35.9 Å². The quantitative estimate of drug-likeness (QED) is 0.747. The highest BCUT2D eigenvalue weighted by atomic mass is 16.5. The smallest absolute Gasteiger partial charge is 0.226 e. The summed E-state index contributed by atoms with van der Waals surface area (Å²) < 4.78 is 7.63. The van der Waals surface area contributed by atoms with Crippen LogP contribution in [0.4, 0.5) is 0 Å². The van der Waals surface area contributed by atoms with Gasteiger partial charge in [-0.1, -0.05) is 6.07 Å². The number of aromatic nitrogens is 4. The Morgan fingerprint density at radius 1 is 1.19 bits per heavy atom. The molecule has 4 saturated carbocycles. The van der Waals surface area contributed by atoms with Crippen LogP contribution in [-0.4, -0.2) is 63.4 Å². The fourth-order valence-electron chi connectivity index (χ4n) is 7.46. The normalized spacial score (nSPS) is 35.0. The zero-order chi connectivity index (χ0) is 21.6. The van der Waals surface area contributed by atoms with Crippen molar-refractivity contribution in [3.8, 4) is 0 Å². The summed E-state index contributed by atoms with van der Waals surface area (Å²) in [5.41, 5.74) is 0.692. The van der Waals surface area contributed by atoms with Gasteiger partial charge in [0.15, 0.2) is 0 Å². The van der Waals surface area contributed by atoms with Gasteiger partial charge in [0.2, 0.25) is 5.91 Å². The fraction of sp³-hybridized carbons (Fsp3) is 0.667. The third-order valence-electron chi connectivity index (χ3n) is 8.39. The van der Waals surface area contributed by atoms with Crippen LogP contribution < -0.4 is 5.32 Å². The number of rotatable bonds is 6. The van der Waals surface area contributed by atoms with Gasteiger partial charge in [0, 0.05) is 25.8 Å². The largest absolute Gasteiger partial charge is 0.379 e. The molecular weight excluding hydrogens is 404 g/mol. The summed E-state index contributed by atoms with van der Waals surface area (Å²) in [6, 6.07) is 6.11. The van der Waals surface area contributed by atoms with E-state index in [0.717, 1.165) is 64.1 Å². The van der Waals surface area contributed by atoms with Crippen LogP contribution in [0.3, 0.4) is 0 Å². The number of carbonyl (C=O) groups is 1. The summed E-state index contributed by atoms with van der Waals surface area (Å²) in [5.74, 6) is 1.44. The molecule has 7 rings (SSSR count). The topological polar surface area (TPSA) is 85.2 Å². The predicted molar refractivity (Wildman–Crippen MR) is 117 cm³/mol. The van der Waals surface area contributed by atoms with Crippen molar-refractivity contribution in [2.75, 3.05) is 32.8 Å². The van der Waals surface area contributed by atoms with Crippen LogP contribution in [0.1, 0.15) is 50.3 Å². The van der Waals surface area contributed by atoms with Crippen LogP contribution in [0.25, 0.3) is 0 Å². The Balaban J connectivity index is 1.22. The van der Waals surface area contributed by atoms with Crippen LogP contribution in [0.15, 0.2) is 37.1 Å². The zero-order valence-electron chi connectivity index (χ0n) is 18.5. The molecule has 5 atom stereocenters. The number of nitrogens with one attached hydrogen (secondary N) is 1. The van der Waals surface area contributed by atoms with Crippen LogP contribution in [0, 0.1) is 17.3 Å². The van der Waals surface area contributed by atoms with E-state index in [-0.39, 0.29) is 22.9 Å². The number of hydrogen-bond donors (Lipinski definition) is 1. The van der Waals surface area contributed by atoms with Crippen molar-refractivity contribution in [2.24, 2.45) is 17.3 Å². The standard InChI is InChI=1S/C24H32N6O2/c31-22(27-14-21(20-3-1-2-4-26-20)29-5-7-32-8-6-29)23-10-18-9-19(11-23)13-24(12-18,15-23)30-17-25-16-28-30/h1-4,16-19,21H,5-15H2,(H,27,31)/t18-,19+,21-,23?,24?/m0/s1. The molecule has 32 heavy (non-hydrogen) atoms. The van der Waals surface area contributed by atoms with Gasteiger partial charge in [0.25, 0.3) is 0 Å². The molecule has 4 aliphatic carbocycles. The summed E-state index contributed by atoms with van der Waals surface area (Å²) in [7, 11) is 0. The molecule has 1 N–H and O–H groups in total. The lowest BCUT2D eigenvalue weighted by atomic mass is 9.46. The number of amides is 1. The van der Waals surface area contributed by atoms with E-state index in [4.69, 9.17) is 4.74 Å². The van der Waals surface area contributed by atoms with Crippen molar-refractivity contribution in [1.82, 2.24) is 30.0 Å². The first kappa shape index (κ1) is 20.3. The minimum absolute atomic E-state index is 0.0392. The summed E-state index contributed by atoms with van der Waals surface area (Å²) in [5, 5.41) is 7.91. The van der Waals surface area contributed by atoms with Crippen molar-refractivity contribution >= 4 is 5.91 Å². The highest BCUT2D eigenvalue weighted by Crippen LogP contribution is 2.64. The van der Waals surface area contributed by atoms with Crippen LogP contribution in [0.2, 0.25) is 0 Å². The maximum absolute atomic E-state index is 13.8. The van der Waals surface area contributed by atoms with E-state index < -0.39 is 0 Å². The summed E-state index contributed by atoms with van der Waals surface area (Å²) in [4.78, 5) is 25.0. The van der Waals surface area contributed by atoms with Gasteiger partial charge in [0.1, 0.15) is 12.7 Å². The van der Waals surface area contributed by atoms with Gasteiger partial charge >= 0.3 is 0 Å². The van der Waals surface area contributed by atoms with Gasteiger partial charge in [-0.2, -0.15) is 5.10 Å². The number of carbonyl (C=O) groups excluding carboxylic acids is 1. The van der Waals surface area contributed by atoms with Crippen molar-refractivity contribution in [1.29, 1.82) is 0 Å². The van der Waals surface area contributed by atoms with E-state index >= 15 is 0 Å². The Hall–Kier alpha value is -2.32. The maximum Gasteiger partial charge on any atom is 0.226 e. The zero-order valence-corrected chi connectivity index (χ0v) is 18.5. The van der Waals surface area contributed by atoms with E-state index in [0.29, 0.717) is 18.4 Å². The Morgan fingerprint density at radius 3 is 2.69 bits per heavy atom. The second-order valence-electron chi connectivity index (χ2n) is 10.4. The Bertz CT molecular complexity index is 929. The first-order valence-corrected chi connectivity index (χ1v) is 12.0. The van der Waals surface area contributed by atoms with Crippen LogP contribution in [0.5, 0.6) is 0 Å². The van der Waals surface area contributed by atoms with Crippen molar-refractivity contribution in [3.05, 3.63) is 42.7 Å². The number of hydrogen-bond acceptors (Lipinski definition) is 6. The molecular formula is C24H32N6O2. The molecule has 1 amide bonds. The molecule has 2 unspecified atom stereocenters. The predicted octanol–water partition coefficient (Wildman–Crippen LogP) is 2.16. The van der Waals surface area contributed by atoms with E-state index in [2.05, 4.69) is 36.0 Å². The first-order chi connectivity index (χ1) is 15.7. The fourth-order valence-corrected chi connectivity index (χ4v) is 7.46. The highest BCUT2D eigenvalue weighted by molar-refractivity contribution is 5.83. The molecule has 1 aliphatic heterocycles. The molecule has 8 heteroatoms. The summed E-state index contributed by atoms with van der Waals surface area (Å²) in [6.45, 7) is 3.77. The molecule has 3 heterocycles. The Labute approximate surface area is 188 Å². The van der Waals surface area contributed by atoms with Gasteiger partial charge in [-0.05, 0) is 62.5 Å². The number of morpholine rings is 1. The number of nitrogens with zero attached hydrogens (tertiary/aromatic N) is 5. The SMILES string of the molecule is O=C(NC[C@@H](c1ccccn1)N1CCOCC1)C12C[C@H]3C[C@@H](C1)CC(n1cncn1)(C3)C2. The lowest BCUT2D eigenvalue weighted by molar-refractivity contribution is -0.156. The third kappa shape index (κ3) is 3.44. The Morgan fingerprint density at radius 2 is 2.00 bits per heavy atom. The van der Waals surface area contributed by atoms with E-state index in [1.807, 2.05) is 24.7 Å². The Kier molecular flexibility index (Phi) is 5.02. The van der Waals surface area contributed by atoms with Gasteiger partial charge in [-0.15, -0.1) is 0 Å². The number of pyridine rings is 1. The molecule has 170 valence electrons. The summed E-state index contributed by atoms with van der Waals surface area (Å²) >= 11 is 0. The van der Waals surface area contributed by atoms with Gasteiger partial charge < -0.3 is 10.1 Å². The second kappa shape index (κ2) is 7.92. The molecule has 5 aliphatic rings. The molecule has 8 nitrogen and oxygen atoms in total. The molecule has 0 radical (unpaired) electrons. The van der Waals surface area contributed by atoms with Crippen molar-refractivity contribution < 1.29 is 9.53 Å². The lowest BCUT2D eigenvalue weighted by Crippen LogP contribution is -2.61. The van der Waals surface area contributed by atoms with E-state index in [1.54, 1.807) is 6.33 Å². The molecule has 0 spiro atoms. The highest BCUT2D eigenvalue weighted by Gasteiger charge is 2.61. The molecule has 5 fully saturated rings. The molecule has 1 saturated heterocycles. The third-order valence-corrected chi connectivity index (χ3v) is 8.39. The van der Waals surface area contributed by atoms with Gasteiger partial charge in [-0.3, -0.25) is 14.7 Å². The van der Waals surface area contributed by atoms with Crippen LogP contribution >= 0.6 is 0 Å². The van der Waals surface area contributed by atoms with Gasteiger partial charge in [-0.25, -0.2) is 9.67 Å². The molecule has 4 bridgehead atoms. The van der Waals surface area contributed by atoms with Crippen LogP contribution in [-0.2, 0) is 15.1 Å².